The van der Waals surface area contributed by atoms with E-state index in [4.69, 9.17) is 10.8 Å². The Morgan fingerprint density at radius 1 is 0.808 bits per heavy atom. The van der Waals surface area contributed by atoms with Gasteiger partial charge in [-0.2, -0.15) is 0 Å². The summed E-state index contributed by atoms with van der Waals surface area (Å²) in [6, 6.07) is -1.10. The predicted octanol–water partition coefficient (Wildman–Crippen LogP) is 2.77. The second kappa shape index (κ2) is 18.9. The normalized spacial score (nSPS) is 11.5. The molecule has 0 unspecified atom stereocenters. The first-order valence-electron chi connectivity index (χ1n) is 9.69. The summed E-state index contributed by atoms with van der Waals surface area (Å²) in [7, 11) is 0. The molecule has 0 aliphatic heterocycles. The molecule has 0 aromatic rings. The highest BCUT2D eigenvalue weighted by Crippen LogP contribution is 2.12. The lowest BCUT2D eigenvalue weighted by Gasteiger charge is -2.06. The van der Waals surface area contributed by atoms with Crippen LogP contribution in [0.5, 0.6) is 0 Å². The van der Waals surface area contributed by atoms with Crippen LogP contribution in [-0.2, 0) is 19.1 Å². The zero-order valence-electron chi connectivity index (χ0n) is 15.6. The summed E-state index contributed by atoms with van der Waals surface area (Å²) < 4.78 is 4.65. The Bertz CT molecular complexity index is 390. The molecule has 0 spiro atoms. The molecule has 0 radical (unpaired) electrons. The summed E-state index contributed by atoms with van der Waals surface area (Å²) in [4.78, 5) is 33.4. The van der Waals surface area contributed by atoms with Crippen LogP contribution in [0.1, 0.15) is 96.8 Å². The zero-order chi connectivity index (χ0) is 18.9. The van der Waals surface area contributed by atoms with E-state index in [1.807, 2.05) is 0 Å². The van der Waals surface area contributed by atoms with E-state index in [2.05, 4.69) is 11.7 Å². The molecule has 0 rings (SSSR count). The number of carbonyl (C=O) groups excluding carboxylic acids is 2. The molecule has 0 aromatic heterocycles. The van der Waals surface area contributed by atoms with Crippen LogP contribution in [0.15, 0.2) is 0 Å². The van der Waals surface area contributed by atoms with E-state index in [9.17, 15) is 14.4 Å². The summed E-state index contributed by atoms with van der Waals surface area (Å²) in [5, 5.41) is 8.60. The number of ether oxygens (including phenoxy) is 1. The maximum absolute atomic E-state index is 11.5. The van der Waals surface area contributed by atoms with Crippen molar-refractivity contribution in [3.05, 3.63) is 0 Å². The molecule has 0 aliphatic rings. The van der Waals surface area contributed by atoms with Crippen LogP contribution in [0.4, 0.5) is 0 Å². The molecule has 0 heterocycles. The number of esters is 2. The van der Waals surface area contributed by atoms with E-state index in [0.717, 1.165) is 19.3 Å². The maximum atomic E-state index is 11.5. The van der Waals surface area contributed by atoms with Gasteiger partial charge in [-0.25, -0.2) is 0 Å². The van der Waals surface area contributed by atoms with Gasteiger partial charge in [-0.15, -0.1) is 0 Å². The van der Waals surface area contributed by atoms with Crippen molar-refractivity contribution in [1.82, 2.24) is 0 Å². The van der Waals surface area contributed by atoms with Gasteiger partial charge in [0.15, 0.2) is 17.4 Å². The lowest BCUT2D eigenvalue weighted by molar-refractivity contribution is -0.159. The lowest BCUT2D eigenvalue weighted by Crippen LogP contribution is -2.30. The lowest BCUT2D eigenvalue weighted by atomic mass is 10.1. The van der Waals surface area contributed by atoms with E-state index in [1.165, 1.54) is 51.4 Å². The molecule has 3 N–H and O–H groups in total. The van der Waals surface area contributed by atoms with Crippen molar-refractivity contribution >= 4 is 35.3 Å². The molecule has 0 saturated heterocycles. The van der Waals surface area contributed by atoms with Crippen LogP contribution in [0.2, 0.25) is 0 Å². The highest BCUT2D eigenvalue weighted by atomic mass is 27.0. The number of hydrogen-bond acceptors (Lipinski definition) is 5. The van der Waals surface area contributed by atoms with Gasteiger partial charge in [0.1, 0.15) is 6.04 Å². The van der Waals surface area contributed by atoms with Gasteiger partial charge in [-0.3, -0.25) is 14.4 Å². The number of hydrogen-bond donors (Lipinski definition) is 2. The minimum atomic E-state index is -1.17. The third-order valence-corrected chi connectivity index (χ3v) is 4.19. The standard InChI is InChI=1S/C19H35NO5.Al.3H/c1-2-3-4-5-6-7-8-9-10-11-12-13-17(21)25-18(22)15-14-16(20)19(23)24;;;;/h16H,2-15,20H2,1H3,(H,23,24);;;;/t16-;;;;/m0..../s1. The molecular weight excluding hydrogens is 349 g/mol. The Labute approximate surface area is 168 Å². The fourth-order valence-corrected chi connectivity index (χ4v) is 2.56. The van der Waals surface area contributed by atoms with Gasteiger partial charge in [0.05, 0.1) is 0 Å². The first-order chi connectivity index (χ1) is 12.0. The van der Waals surface area contributed by atoms with Crippen molar-refractivity contribution in [3.8, 4) is 0 Å². The minimum absolute atomic E-state index is 0. The minimum Gasteiger partial charge on any atom is -0.480 e. The van der Waals surface area contributed by atoms with Crippen molar-refractivity contribution in [2.24, 2.45) is 5.73 Å². The summed E-state index contributed by atoms with van der Waals surface area (Å²) in [6.45, 7) is 2.22. The smallest absolute Gasteiger partial charge is 0.320 e. The monoisotopic (exact) mass is 387 g/mol. The summed E-state index contributed by atoms with van der Waals surface area (Å²) in [5.41, 5.74) is 5.28. The molecular formula is C19H38AlNO5. The molecule has 0 amide bonds. The first kappa shape index (κ1) is 27.3. The van der Waals surface area contributed by atoms with E-state index in [0.29, 0.717) is 0 Å². The highest BCUT2D eigenvalue weighted by Gasteiger charge is 2.16. The topological polar surface area (TPSA) is 107 Å². The number of rotatable bonds is 16. The number of carbonyl (C=O) groups is 3. The molecule has 26 heavy (non-hydrogen) atoms. The van der Waals surface area contributed by atoms with Crippen LogP contribution in [0.25, 0.3) is 0 Å². The third kappa shape index (κ3) is 17.9. The average molecular weight is 387 g/mol. The summed E-state index contributed by atoms with van der Waals surface area (Å²) >= 11 is 0. The molecule has 0 bridgehead atoms. The second-order valence-corrected chi connectivity index (χ2v) is 6.62. The highest BCUT2D eigenvalue weighted by molar-refractivity contribution is 5.85. The van der Waals surface area contributed by atoms with Gasteiger partial charge in [-0.05, 0) is 12.8 Å². The van der Waals surface area contributed by atoms with Crippen molar-refractivity contribution in [1.29, 1.82) is 0 Å². The zero-order valence-corrected chi connectivity index (χ0v) is 15.6. The van der Waals surface area contributed by atoms with E-state index < -0.39 is 23.9 Å². The summed E-state index contributed by atoms with van der Waals surface area (Å²) in [5.74, 6) is -2.41. The largest absolute Gasteiger partial charge is 0.480 e. The first-order valence-corrected chi connectivity index (χ1v) is 9.69. The molecule has 152 valence electrons. The van der Waals surface area contributed by atoms with Gasteiger partial charge in [0.25, 0.3) is 0 Å². The molecule has 0 aliphatic carbocycles. The van der Waals surface area contributed by atoms with Gasteiger partial charge < -0.3 is 15.6 Å². The van der Waals surface area contributed by atoms with E-state index >= 15 is 0 Å². The van der Waals surface area contributed by atoms with Gasteiger partial charge >= 0.3 is 17.9 Å². The second-order valence-electron chi connectivity index (χ2n) is 6.62. The number of unbranched alkanes of at least 4 members (excludes halogenated alkanes) is 10. The Balaban J connectivity index is 0. The molecule has 1 atom stereocenters. The van der Waals surface area contributed by atoms with Crippen LogP contribution >= 0.6 is 0 Å². The third-order valence-electron chi connectivity index (χ3n) is 4.19. The van der Waals surface area contributed by atoms with Crippen LogP contribution in [-0.4, -0.2) is 46.4 Å². The Morgan fingerprint density at radius 2 is 1.23 bits per heavy atom. The number of nitrogens with two attached hydrogens (primary N) is 1. The number of aliphatic carboxylic acids is 1. The molecule has 0 aromatic carbocycles. The molecule has 6 nitrogen and oxygen atoms in total. The Morgan fingerprint density at radius 3 is 1.69 bits per heavy atom. The van der Waals surface area contributed by atoms with Gasteiger partial charge in [0.2, 0.25) is 0 Å². The number of carboxylic acids is 1. The SMILES string of the molecule is CCCCCCCCCCCCCC(=O)OC(=O)CC[C@H](N)C(=O)O.[AlH3]. The van der Waals surface area contributed by atoms with Crippen LogP contribution in [0, 0.1) is 0 Å². The summed E-state index contributed by atoms with van der Waals surface area (Å²) in [6.07, 6.45) is 13.2. The van der Waals surface area contributed by atoms with Gasteiger partial charge in [0, 0.05) is 12.8 Å². The van der Waals surface area contributed by atoms with E-state index in [1.54, 1.807) is 0 Å². The quantitative estimate of drug-likeness (QED) is 0.183. The molecule has 0 fully saturated rings. The average Bonchev–Trinajstić information content (AvgIpc) is 2.57. The fraction of sp³-hybridized carbons (Fsp3) is 0.842. The number of carboxylic acid groups (broad SMARTS) is 1. The predicted molar refractivity (Wildman–Crippen MR) is 107 cm³/mol. The van der Waals surface area contributed by atoms with Crippen molar-refractivity contribution < 1.29 is 24.2 Å². The Hall–Kier alpha value is -0.898. The maximum Gasteiger partial charge on any atom is 0.320 e. The van der Waals surface area contributed by atoms with Crippen LogP contribution < -0.4 is 5.73 Å². The van der Waals surface area contributed by atoms with Crippen molar-refractivity contribution in [3.63, 3.8) is 0 Å². The fourth-order valence-electron chi connectivity index (χ4n) is 2.56. The van der Waals surface area contributed by atoms with Crippen LogP contribution in [0.3, 0.4) is 0 Å². The van der Waals surface area contributed by atoms with E-state index in [-0.39, 0.29) is 36.6 Å². The van der Waals surface area contributed by atoms with Crippen molar-refractivity contribution in [2.45, 2.75) is 103 Å². The van der Waals surface area contributed by atoms with Crippen molar-refractivity contribution in [2.75, 3.05) is 0 Å². The molecule has 0 saturated carbocycles. The Kier molecular flexibility index (Phi) is 19.8. The molecule has 7 heteroatoms. The van der Waals surface area contributed by atoms with Gasteiger partial charge in [-0.1, -0.05) is 71.1 Å².